The van der Waals surface area contributed by atoms with Gasteiger partial charge in [-0.3, -0.25) is 9.59 Å². The molecule has 1 aliphatic rings. The van der Waals surface area contributed by atoms with Gasteiger partial charge in [0, 0.05) is 25.3 Å². The van der Waals surface area contributed by atoms with E-state index in [9.17, 15) is 18.0 Å². The third-order valence-electron chi connectivity index (χ3n) is 4.39. The van der Waals surface area contributed by atoms with Crippen molar-refractivity contribution in [2.75, 3.05) is 19.6 Å². The van der Waals surface area contributed by atoms with Crippen molar-refractivity contribution in [1.82, 2.24) is 20.3 Å². The topological polar surface area (TPSA) is 146 Å². The van der Waals surface area contributed by atoms with Crippen LogP contribution in [0.1, 0.15) is 49.0 Å². The molecule has 0 aromatic carbocycles. The van der Waals surface area contributed by atoms with Crippen LogP contribution in [0.25, 0.3) is 0 Å². The molecule has 1 aromatic heterocycles. The van der Waals surface area contributed by atoms with E-state index in [2.05, 4.69) is 20.3 Å². The number of nitrogens with one attached hydrogen (secondary N) is 4. The third-order valence-corrected chi connectivity index (χ3v) is 5.77. The van der Waals surface area contributed by atoms with Gasteiger partial charge >= 0.3 is 0 Å². The summed E-state index contributed by atoms with van der Waals surface area (Å²) in [5.41, 5.74) is 5.05. The molecule has 9 nitrogen and oxygen atoms in total. The first-order valence-electron chi connectivity index (χ1n) is 8.86. The highest BCUT2D eigenvalue weighted by atomic mass is 32.2. The Hall–Kier alpha value is -1.91. The summed E-state index contributed by atoms with van der Waals surface area (Å²) in [6.45, 7) is 0.721. The smallest absolute Gasteiger partial charge is 0.265 e. The molecular formula is C16H27N5O4S. The number of hydrogen-bond donors (Lipinski definition) is 5. The van der Waals surface area contributed by atoms with Crippen LogP contribution in [0.3, 0.4) is 0 Å². The van der Waals surface area contributed by atoms with Gasteiger partial charge in [-0.15, -0.1) is 0 Å². The Morgan fingerprint density at radius 1 is 1.15 bits per heavy atom. The molecule has 1 heterocycles. The summed E-state index contributed by atoms with van der Waals surface area (Å²) in [5, 5.41) is 6.10. The predicted molar refractivity (Wildman–Crippen MR) is 97.0 cm³/mol. The van der Waals surface area contributed by atoms with Crippen LogP contribution in [0.4, 0.5) is 0 Å². The molecule has 1 saturated carbocycles. The molecule has 0 unspecified atom stereocenters. The fraction of sp³-hybridized carbons (Fsp3) is 0.625. The van der Waals surface area contributed by atoms with Gasteiger partial charge in [0.05, 0.1) is 6.54 Å². The van der Waals surface area contributed by atoms with E-state index < -0.39 is 21.8 Å². The van der Waals surface area contributed by atoms with Crippen LogP contribution in [0.5, 0.6) is 0 Å². The SMILES string of the molecule is NC(=O)c1cc(S(=O)(=O)NCC(=O)NCCNC2CCCCCC2)c[nH]1. The van der Waals surface area contributed by atoms with Crippen LogP contribution in [0, 0.1) is 0 Å². The molecule has 0 bridgehead atoms. The number of amides is 2. The Labute approximate surface area is 153 Å². The van der Waals surface area contributed by atoms with Crippen LogP contribution in [0.15, 0.2) is 17.2 Å². The van der Waals surface area contributed by atoms with Crippen LogP contribution >= 0.6 is 0 Å². The van der Waals surface area contributed by atoms with Crippen molar-refractivity contribution >= 4 is 21.8 Å². The second-order valence-electron chi connectivity index (χ2n) is 6.43. The van der Waals surface area contributed by atoms with Crippen molar-refractivity contribution < 1.29 is 18.0 Å². The van der Waals surface area contributed by atoms with Crippen LogP contribution in [-0.4, -0.2) is 50.9 Å². The normalized spacial score (nSPS) is 16.2. The van der Waals surface area contributed by atoms with Crippen molar-refractivity contribution in [3.63, 3.8) is 0 Å². The van der Waals surface area contributed by atoms with Gasteiger partial charge in [0.1, 0.15) is 10.6 Å². The first kappa shape index (κ1) is 20.4. The van der Waals surface area contributed by atoms with Gasteiger partial charge < -0.3 is 21.4 Å². The van der Waals surface area contributed by atoms with Gasteiger partial charge in [-0.2, -0.15) is 0 Å². The maximum absolute atomic E-state index is 12.1. The molecule has 0 saturated heterocycles. The van der Waals surface area contributed by atoms with E-state index in [0.717, 1.165) is 25.1 Å². The second kappa shape index (κ2) is 9.70. The maximum Gasteiger partial charge on any atom is 0.265 e. The van der Waals surface area contributed by atoms with Crippen LogP contribution < -0.4 is 21.1 Å². The van der Waals surface area contributed by atoms with Gasteiger partial charge in [0.25, 0.3) is 5.91 Å². The second-order valence-corrected chi connectivity index (χ2v) is 8.20. The summed E-state index contributed by atoms with van der Waals surface area (Å²) < 4.78 is 26.3. The molecule has 10 heteroatoms. The van der Waals surface area contributed by atoms with E-state index in [4.69, 9.17) is 5.73 Å². The lowest BCUT2D eigenvalue weighted by Crippen LogP contribution is -2.41. The Balaban J connectivity index is 1.67. The first-order chi connectivity index (χ1) is 12.4. The molecule has 0 aliphatic heterocycles. The summed E-state index contributed by atoms with van der Waals surface area (Å²) in [5.74, 6) is -1.17. The molecule has 2 rings (SSSR count). The van der Waals surface area contributed by atoms with Gasteiger partial charge in [0.2, 0.25) is 15.9 Å². The average molecular weight is 385 g/mol. The van der Waals surface area contributed by atoms with Gasteiger partial charge in [0.15, 0.2) is 0 Å². The zero-order valence-corrected chi connectivity index (χ0v) is 15.5. The van der Waals surface area contributed by atoms with E-state index in [1.54, 1.807) is 0 Å². The lowest BCUT2D eigenvalue weighted by molar-refractivity contribution is -0.119. The van der Waals surface area contributed by atoms with Crippen molar-refractivity contribution in [1.29, 1.82) is 0 Å². The minimum absolute atomic E-state index is 0.0144. The summed E-state index contributed by atoms with van der Waals surface area (Å²) in [6.07, 6.45) is 8.53. The van der Waals surface area contributed by atoms with Crippen LogP contribution in [0.2, 0.25) is 0 Å². The highest BCUT2D eigenvalue weighted by Gasteiger charge is 2.18. The third kappa shape index (κ3) is 6.43. The Morgan fingerprint density at radius 2 is 1.85 bits per heavy atom. The molecule has 1 fully saturated rings. The van der Waals surface area contributed by atoms with Crippen molar-refractivity contribution in [3.8, 4) is 0 Å². The lowest BCUT2D eigenvalue weighted by atomic mass is 10.1. The number of rotatable bonds is 9. The van der Waals surface area contributed by atoms with Gasteiger partial charge in [-0.05, 0) is 18.9 Å². The predicted octanol–water partition coefficient (Wildman–Crippen LogP) is -0.179. The van der Waals surface area contributed by atoms with Crippen molar-refractivity contribution in [3.05, 3.63) is 18.0 Å². The van der Waals surface area contributed by atoms with E-state index in [-0.39, 0.29) is 17.1 Å². The van der Waals surface area contributed by atoms with Crippen molar-refractivity contribution in [2.24, 2.45) is 5.73 Å². The Morgan fingerprint density at radius 3 is 2.46 bits per heavy atom. The summed E-state index contributed by atoms with van der Waals surface area (Å²) in [4.78, 5) is 25.1. The molecule has 6 N–H and O–H groups in total. The molecule has 1 aromatic rings. The number of sulfonamides is 1. The molecule has 0 radical (unpaired) electrons. The summed E-state index contributed by atoms with van der Waals surface area (Å²) in [7, 11) is -3.89. The summed E-state index contributed by atoms with van der Waals surface area (Å²) in [6, 6.07) is 1.63. The summed E-state index contributed by atoms with van der Waals surface area (Å²) >= 11 is 0. The minimum Gasteiger partial charge on any atom is -0.364 e. The highest BCUT2D eigenvalue weighted by Crippen LogP contribution is 2.16. The van der Waals surface area contributed by atoms with Gasteiger partial charge in [-0.25, -0.2) is 13.1 Å². The van der Waals surface area contributed by atoms with Gasteiger partial charge in [-0.1, -0.05) is 25.7 Å². The van der Waals surface area contributed by atoms with E-state index in [0.29, 0.717) is 19.1 Å². The fourth-order valence-electron chi connectivity index (χ4n) is 2.94. The maximum atomic E-state index is 12.1. The molecule has 146 valence electrons. The van der Waals surface area contributed by atoms with E-state index >= 15 is 0 Å². The molecule has 2 amide bonds. The number of nitrogens with two attached hydrogens (primary N) is 1. The largest absolute Gasteiger partial charge is 0.364 e. The minimum atomic E-state index is -3.89. The molecule has 0 spiro atoms. The molecule has 26 heavy (non-hydrogen) atoms. The van der Waals surface area contributed by atoms with Crippen LogP contribution in [-0.2, 0) is 14.8 Å². The Bertz CT molecular complexity index is 708. The number of hydrogen-bond acceptors (Lipinski definition) is 5. The van der Waals surface area contributed by atoms with E-state index in [1.165, 1.54) is 25.7 Å². The fourth-order valence-corrected chi connectivity index (χ4v) is 3.91. The number of carbonyl (C=O) groups is 2. The number of aromatic nitrogens is 1. The quantitative estimate of drug-likeness (QED) is 0.296. The number of H-pyrrole nitrogens is 1. The molecule has 1 aliphatic carbocycles. The number of aromatic amines is 1. The van der Waals surface area contributed by atoms with E-state index in [1.807, 2.05) is 0 Å². The number of carbonyl (C=O) groups excluding carboxylic acids is 2. The highest BCUT2D eigenvalue weighted by molar-refractivity contribution is 7.89. The monoisotopic (exact) mass is 385 g/mol. The average Bonchev–Trinajstić information content (AvgIpc) is 2.97. The van der Waals surface area contributed by atoms with Crippen molar-refractivity contribution in [2.45, 2.75) is 49.5 Å². The lowest BCUT2D eigenvalue weighted by Gasteiger charge is -2.16. The molecular weight excluding hydrogens is 358 g/mol. The first-order valence-corrected chi connectivity index (χ1v) is 10.3. The zero-order chi connectivity index (χ0) is 19.0. The standard InChI is InChI=1S/C16H27N5O4S/c17-16(23)14-9-13(10-20-14)26(24,25)21-11-15(22)19-8-7-18-12-5-3-1-2-4-6-12/h9-10,12,18,20-21H,1-8,11H2,(H2,17,23)(H,19,22). The zero-order valence-electron chi connectivity index (χ0n) is 14.7. The Kier molecular flexibility index (Phi) is 7.61. The molecule has 0 atom stereocenters. The number of primary amides is 1.